The predicted octanol–water partition coefficient (Wildman–Crippen LogP) is 2.97. The van der Waals surface area contributed by atoms with Gasteiger partial charge in [-0.2, -0.15) is 0 Å². The molecule has 1 N–H and O–H groups in total. The van der Waals surface area contributed by atoms with Crippen LogP contribution < -0.4 is 5.32 Å². The van der Waals surface area contributed by atoms with E-state index in [1.165, 1.54) is 0 Å². The van der Waals surface area contributed by atoms with Crippen LogP contribution in [0.1, 0.15) is 44.1 Å². The second kappa shape index (κ2) is 7.29. The minimum absolute atomic E-state index is 0.0930. The topological polar surface area (TPSA) is 71.5 Å². The van der Waals surface area contributed by atoms with Gasteiger partial charge < -0.3 is 15.0 Å². The molecule has 0 aromatic carbocycles. The molecular formula is C16H22BrN3O3. The van der Waals surface area contributed by atoms with Gasteiger partial charge in [-0.1, -0.05) is 6.07 Å². The molecule has 23 heavy (non-hydrogen) atoms. The molecule has 0 spiro atoms. The molecular weight excluding hydrogens is 362 g/mol. The summed E-state index contributed by atoms with van der Waals surface area (Å²) in [4.78, 5) is 30.2. The Labute approximate surface area is 144 Å². The number of ether oxygens (including phenoxy) is 1. The maximum atomic E-state index is 12.2. The number of rotatable bonds is 2. The fourth-order valence-corrected chi connectivity index (χ4v) is 2.72. The van der Waals surface area contributed by atoms with E-state index in [-0.39, 0.29) is 18.0 Å². The molecule has 0 unspecified atom stereocenters. The molecule has 6 nitrogen and oxygen atoms in total. The van der Waals surface area contributed by atoms with Crippen molar-refractivity contribution in [2.45, 2.75) is 45.3 Å². The first kappa shape index (κ1) is 17.7. The van der Waals surface area contributed by atoms with E-state index in [9.17, 15) is 9.59 Å². The summed E-state index contributed by atoms with van der Waals surface area (Å²) in [5, 5.41) is 2.94. The van der Waals surface area contributed by atoms with Crippen molar-refractivity contribution in [3.05, 3.63) is 28.5 Å². The Morgan fingerprint density at radius 1 is 1.39 bits per heavy atom. The van der Waals surface area contributed by atoms with Crippen LogP contribution in [0.3, 0.4) is 0 Å². The predicted molar refractivity (Wildman–Crippen MR) is 90.2 cm³/mol. The number of pyridine rings is 1. The monoisotopic (exact) mass is 383 g/mol. The van der Waals surface area contributed by atoms with Crippen LogP contribution in [0.2, 0.25) is 0 Å². The molecule has 2 rings (SSSR count). The van der Waals surface area contributed by atoms with E-state index in [2.05, 4.69) is 26.2 Å². The third kappa shape index (κ3) is 5.49. The summed E-state index contributed by atoms with van der Waals surface area (Å²) in [6.07, 6.45) is 1.33. The summed E-state index contributed by atoms with van der Waals surface area (Å²) in [7, 11) is 0. The molecule has 0 aliphatic carbocycles. The van der Waals surface area contributed by atoms with Crippen LogP contribution >= 0.6 is 15.9 Å². The van der Waals surface area contributed by atoms with Crippen molar-refractivity contribution in [2.24, 2.45) is 0 Å². The first-order valence-electron chi connectivity index (χ1n) is 7.66. The van der Waals surface area contributed by atoms with Gasteiger partial charge in [-0.25, -0.2) is 9.78 Å². The highest BCUT2D eigenvalue weighted by Crippen LogP contribution is 2.16. The van der Waals surface area contributed by atoms with Gasteiger partial charge in [-0.05, 0) is 61.7 Å². The maximum Gasteiger partial charge on any atom is 0.410 e. The highest BCUT2D eigenvalue weighted by atomic mass is 79.9. The standard InChI is InChI=1S/C16H22BrN3O3/c1-16(2,3)23-15(22)20-9-5-6-11(10-20)18-14(21)12-7-4-8-13(17)19-12/h4,7-8,11H,5-6,9-10H2,1-3H3,(H,18,21)/t11-/m0/s1. The number of carbonyl (C=O) groups excluding carboxylic acids is 2. The quantitative estimate of drug-likeness (QED) is 0.796. The van der Waals surface area contributed by atoms with Gasteiger partial charge in [0.1, 0.15) is 15.9 Å². The number of amides is 2. The maximum absolute atomic E-state index is 12.2. The summed E-state index contributed by atoms with van der Waals surface area (Å²) < 4.78 is 6.00. The van der Waals surface area contributed by atoms with Crippen LogP contribution in [-0.4, -0.2) is 46.6 Å². The number of aromatic nitrogens is 1. The lowest BCUT2D eigenvalue weighted by atomic mass is 10.1. The molecule has 126 valence electrons. The van der Waals surface area contributed by atoms with Crippen molar-refractivity contribution < 1.29 is 14.3 Å². The van der Waals surface area contributed by atoms with Crippen molar-refractivity contribution in [1.82, 2.24) is 15.2 Å². The molecule has 1 fully saturated rings. The Hall–Kier alpha value is -1.63. The van der Waals surface area contributed by atoms with Crippen LogP contribution in [0.4, 0.5) is 4.79 Å². The fraction of sp³-hybridized carbons (Fsp3) is 0.562. The molecule has 1 aliphatic heterocycles. The summed E-state index contributed by atoms with van der Waals surface area (Å²) in [5.74, 6) is -0.234. The third-order valence-electron chi connectivity index (χ3n) is 3.36. The fourth-order valence-electron chi connectivity index (χ4n) is 2.38. The zero-order valence-electron chi connectivity index (χ0n) is 13.6. The van der Waals surface area contributed by atoms with Gasteiger partial charge in [0.2, 0.25) is 0 Å². The normalized spacial score (nSPS) is 18.4. The van der Waals surface area contributed by atoms with Gasteiger partial charge in [-0.3, -0.25) is 4.79 Å². The SMILES string of the molecule is CC(C)(C)OC(=O)N1CCC[C@H](NC(=O)c2cccc(Br)n2)C1. The molecule has 0 saturated carbocycles. The number of halogens is 1. The average molecular weight is 384 g/mol. The molecule has 1 aliphatic rings. The zero-order valence-corrected chi connectivity index (χ0v) is 15.2. The Morgan fingerprint density at radius 3 is 2.78 bits per heavy atom. The third-order valence-corrected chi connectivity index (χ3v) is 3.80. The van der Waals surface area contributed by atoms with Crippen molar-refractivity contribution >= 4 is 27.9 Å². The summed E-state index contributed by atoms with van der Waals surface area (Å²) in [5.41, 5.74) is -0.165. The van der Waals surface area contributed by atoms with E-state index in [4.69, 9.17) is 4.74 Å². The van der Waals surface area contributed by atoms with Crippen LogP contribution in [-0.2, 0) is 4.74 Å². The minimum Gasteiger partial charge on any atom is -0.444 e. The van der Waals surface area contributed by atoms with E-state index >= 15 is 0 Å². The number of likely N-dealkylation sites (tertiary alicyclic amines) is 1. The second-order valence-electron chi connectivity index (χ2n) is 6.58. The lowest BCUT2D eigenvalue weighted by Crippen LogP contribution is -2.50. The zero-order chi connectivity index (χ0) is 17.0. The largest absolute Gasteiger partial charge is 0.444 e. The van der Waals surface area contributed by atoms with Crippen molar-refractivity contribution in [2.75, 3.05) is 13.1 Å². The molecule has 0 radical (unpaired) electrons. The van der Waals surface area contributed by atoms with Crippen LogP contribution in [0.25, 0.3) is 0 Å². The summed E-state index contributed by atoms with van der Waals surface area (Å²) in [6.45, 7) is 6.62. The van der Waals surface area contributed by atoms with Crippen LogP contribution in [0.15, 0.2) is 22.8 Å². The Morgan fingerprint density at radius 2 is 2.13 bits per heavy atom. The molecule has 1 atom stereocenters. The van der Waals surface area contributed by atoms with Gasteiger partial charge >= 0.3 is 6.09 Å². The lowest BCUT2D eigenvalue weighted by Gasteiger charge is -2.34. The molecule has 0 bridgehead atoms. The Balaban J connectivity index is 1.93. The first-order chi connectivity index (χ1) is 10.7. The van der Waals surface area contributed by atoms with Gasteiger partial charge in [0.25, 0.3) is 5.91 Å². The Bertz CT molecular complexity index is 586. The Kier molecular flexibility index (Phi) is 5.62. The van der Waals surface area contributed by atoms with E-state index in [0.29, 0.717) is 23.4 Å². The number of carbonyl (C=O) groups is 2. The van der Waals surface area contributed by atoms with Crippen molar-refractivity contribution in [1.29, 1.82) is 0 Å². The second-order valence-corrected chi connectivity index (χ2v) is 7.40. The van der Waals surface area contributed by atoms with E-state index in [1.807, 2.05) is 20.8 Å². The average Bonchev–Trinajstić information content (AvgIpc) is 2.45. The molecule has 2 heterocycles. The number of nitrogens with zero attached hydrogens (tertiary/aromatic N) is 2. The van der Waals surface area contributed by atoms with E-state index < -0.39 is 5.60 Å². The number of piperidine rings is 1. The van der Waals surface area contributed by atoms with Crippen LogP contribution in [0, 0.1) is 0 Å². The first-order valence-corrected chi connectivity index (χ1v) is 8.45. The number of hydrogen-bond donors (Lipinski definition) is 1. The van der Waals surface area contributed by atoms with Crippen LogP contribution in [0.5, 0.6) is 0 Å². The molecule has 1 aromatic rings. The minimum atomic E-state index is -0.520. The van der Waals surface area contributed by atoms with Gasteiger partial charge in [0.05, 0.1) is 0 Å². The molecule has 1 saturated heterocycles. The summed E-state index contributed by atoms with van der Waals surface area (Å²) in [6, 6.07) is 5.10. The van der Waals surface area contributed by atoms with E-state index in [0.717, 1.165) is 12.8 Å². The van der Waals surface area contributed by atoms with Gasteiger partial charge in [0.15, 0.2) is 0 Å². The smallest absolute Gasteiger partial charge is 0.410 e. The van der Waals surface area contributed by atoms with Crippen molar-refractivity contribution in [3.63, 3.8) is 0 Å². The number of nitrogens with one attached hydrogen (secondary N) is 1. The van der Waals surface area contributed by atoms with Gasteiger partial charge in [-0.15, -0.1) is 0 Å². The highest BCUT2D eigenvalue weighted by molar-refractivity contribution is 9.10. The molecule has 7 heteroatoms. The van der Waals surface area contributed by atoms with Crippen molar-refractivity contribution in [3.8, 4) is 0 Å². The molecule has 2 amide bonds. The molecule has 1 aromatic heterocycles. The lowest BCUT2D eigenvalue weighted by molar-refractivity contribution is 0.0185. The van der Waals surface area contributed by atoms with E-state index in [1.54, 1.807) is 23.1 Å². The number of hydrogen-bond acceptors (Lipinski definition) is 4. The summed E-state index contributed by atoms with van der Waals surface area (Å²) >= 11 is 3.25. The highest BCUT2D eigenvalue weighted by Gasteiger charge is 2.28. The van der Waals surface area contributed by atoms with Gasteiger partial charge in [0, 0.05) is 19.1 Å².